The van der Waals surface area contributed by atoms with Crippen molar-refractivity contribution in [1.29, 1.82) is 0 Å². The summed E-state index contributed by atoms with van der Waals surface area (Å²) in [5.74, 6) is -8.51. The molecule has 0 saturated carbocycles. The minimum absolute atomic E-state index is 0.0273. The summed E-state index contributed by atoms with van der Waals surface area (Å²) in [5.41, 5.74) is 1.51. The maximum atomic E-state index is 12.6. The van der Waals surface area contributed by atoms with Crippen molar-refractivity contribution >= 4 is 37.7 Å². The van der Waals surface area contributed by atoms with Crippen LogP contribution >= 0.6 is 7.82 Å². The first-order chi connectivity index (χ1) is 23.1. The van der Waals surface area contributed by atoms with E-state index in [2.05, 4.69) is 0 Å². The molecule has 0 aliphatic carbocycles. The number of hydrogen-bond donors (Lipinski definition) is 0. The van der Waals surface area contributed by atoms with Crippen molar-refractivity contribution in [2.45, 2.75) is 31.3 Å². The predicted molar refractivity (Wildman–Crippen MR) is 157 cm³/mol. The summed E-state index contributed by atoms with van der Waals surface area (Å²) in [5, 5.41) is 57.9. The maximum absolute atomic E-state index is 12.6. The van der Waals surface area contributed by atoms with E-state index in [9.17, 15) is 59.0 Å². The smallest absolute Gasteiger partial charge is 0.267 e. The van der Waals surface area contributed by atoms with E-state index >= 15 is 0 Å². The molecule has 0 bridgehead atoms. The number of benzene rings is 2. The SMILES string of the molecule is O=C([O-])CN(CC(COP(=O)([O-])OCCCc1ccccc1)N(CC(=O)[O-])CC(=O)[O-])CC(Cc1ccccc1)N(CC(=O)[O-])CC(=O)[O-]. The molecule has 3 unspecified atom stereocenters. The van der Waals surface area contributed by atoms with Crippen molar-refractivity contribution in [1.82, 2.24) is 14.7 Å². The van der Waals surface area contributed by atoms with Crippen LogP contribution in [0.15, 0.2) is 60.7 Å². The molecule has 0 amide bonds. The monoisotopic (exact) mass is 705 g/mol. The number of phosphoric ester groups is 1. The molecule has 0 heterocycles. The first-order valence-corrected chi connectivity index (χ1v) is 16.5. The summed E-state index contributed by atoms with van der Waals surface area (Å²) in [4.78, 5) is 73.3. The Bertz CT molecular complexity index is 1380. The van der Waals surface area contributed by atoms with E-state index in [-0.39, 0.29) is 19.4 Å². The van der Waals surface area contributed by atoms with Crippen LogP contribution in [-0.2, 0) is 50.4 Å². The van der Waals surface area contributed by atoms with Crippen LogP contribution in [0, 0.1) is 0 Å². The molecule has 0 aliphatic rings. The van der Waals surface area contributed by atoms with Gasteiger partial charge in [-0.2, -0.15) is 0 Å². The molecule has 3 atom stereocenters. The Balaban J connectivity index is 2.36. The van der Waals surface area contributed by atoms with Gasteiger partial charge in [-0.25, -0.2) is 0 Å². The predicted octanol–water partition coefficient (Wildman–Crippen LogP) is -6.24. The summed E-state index contributed by atoms with van der Waals surface area (Å²) in [7, 11) is -5.07. The van der Waals surface area contributed by atoms with Gasteiger partial charge in [-0.05, 0) is 30.4 Å². The Kier molecular flexibility index (Phi) is 17.5. The third-order valence-electron chi connectivity index (χ3n) is 7.09. The number of aliphatic carboxylic acids is 5. The Labute approximate surface area is 282 Å². The molecular formula is C31H36N3O14P-6. The number of aryl methyl sites for hydroxylation is 1. The van der Waals surface area contributed by atoms with E-state index in [0.29, 0.717) is 16.9 Å². The number of hydrogen-bond acceptors (Lipinski definition) is 17. The van der Waals surface area contributed by atoms with Gasteiger partial charge in [0.05, 0.1) is 43.1 Å². The van der Waals surface area contributed by atoms with Crippen molar-refractivity contribution in [2.75, 3.05) is 59.0 Å². The van der Waals surface area contributed by atoms with Crippen LogP contribution in [0.25, 0.3) is 0 Å². The summed E-state index contributed by atoms with van der Waals surface area (Å²) < 4.78 is 22.5. The lowest BCUT2D eigenvalue weighted by Gasteiger charge is -2.40. The van der Waals surface area contributed by atoms with Gasteiger partial charge >= 0.3 is 0 Å². The van der Waals surface area contributed by atoms with Gasteiger partial charge in [0, 0.05) is 57.9 Å². The number of carbonyl (C=O) groups excluding carboxylic acids is 5. The quantitative estimate of drug-likeness (QED) is 0.0650. The van der Waals surface area contributed by atoms with Crippen LogP contribution in [0.4, 0.5) is 0 Å². The second kappa shape index (κ2) is 21.0. The fraction of sp³-hybridized carbons (Fsp3) is 0.452. The molecule has 0 saturated heterocycles. The van der Waals surface area contributed by atoms with Crippen LogP contribution < -0.4 is 30.4 Å². The lowest BCUT2D eigenvalue weighted by molar-refractivity contribution is -0.313. The molecule has 0 N–H and O–H groups in total. The van der Waals surface area contributed by atoms with Gasteiger partial charge < -0.3 is 63.4 Å². The van der Waals surface area contributed by atoms with Gasteiger partial charge in [0.2, 0.25) is 0 Å². The van der Waals surface area contributed by atoms with Gasteiger partial charge in [0.15, 0.2) is 0 Å². The Morgan fingerprint density at radius 1 is 0.612 bits per heavy atom. The number of rotatable bonds is 26. The second-order valence-electron chi connectivity index (χ2n) is 11.0. The van der Waals surface area contributed by atoms with Crippen molar-refractivity contribution < 1.29 is 68.0 Å². The average molecular weight is 706 g/mol. The lowest BCUT2D eigenvalue weighted by atomic mass is 10.0. The Morgan fingerprint density at radius 2 is 1.04 bits per heavy atom. The standard InChI is InChI=1S/C31H42N3O14P/c35-27(36)17-32(15-25(14-24-10-5-2-6-11-24)33(18-28(37)38)19-29(39)40)16-26(34(20-30(41)42)21-31(43)44)22-48-49(45,46)47-13-7-12-23-8-3-1-4-9-23/h1-6,8-11,25-26H,7,12-22H2,(H,35,36)(H,37,38)(H,39,40)(H,41,42)(H,43,44)(H,45,46)/p-6. The normalized spacial score (nSPS) is 14.0. The molecule has 18 heteroatoms. The zero-order chi connectivity index (χ0) is 36.4. The number of phosphoric acid groups is 1. The molecule has 0 spiro atoms. The van der Waals surface area contributed by atoms with E-state index in [4.69, 9.17) is 9.05 Å². The van der Waals surface area contributed by atoms with Gasteiger partial charge in [-0.15, -0.1) is 0 Å². The average Bonchev–Trinajstić information content (AvgIpc) is 3.00. The van der Waals surface area contributed by atoms with Gasteiger partial charge in [-0.1, -0.05) is 60.7 Å². The number of carboxylic acids is 5. The number of carboxylic acid groups (broad SMARTS) is 5. The molecule has 0 radical (unpaired) electrons. The number of carbonyl (C=O) groups is 5. The summed E-state index contributed by atoms with van der Waals surface area (Å²) in [6, 6.07) is 14.8. The highest BCUT2D eigenvalue weighted by molar-refractivity contribution is 7.45. The Morgan fingerprint density at radius 3 is 1.51 bits per heavy atom. The van der Waals surface area contributed by atoms with Crippen molar-refractivity contribution in [3.05, 3.63) is 71.8 Å². The second-order valence-corrected chi connectivity index (χ2v) is 12.4. The minimum atomic E-state index is -5.07. The molecule has 0 fully saturated rings. The molecule has 17 nitrogen and oxygen atoms in total. The van der Waals surface area contributed by atoms with Crippen molar-refractivity contribution in [3.8, 4) is 0 Å². The molecular weight excluding hydrogens is 669 g/mol. The van der Waals surface area contributed by atoms with Gasteiger partial charge in [-0.3, -0.25) is 19.3 Å². The highest BCUT2D eigenvalue weighted by atomic mass is 31.2. The molecule has 2 rings (SSSR count). The van der Waals surface area contributed by atoms with Crippen LogP contribution in [0.2, 0.25) is 0 Å². The van der Waals surface area contributed by atoms with E-state index in [1.165, 1.54) is 0 Å². The lowest BCUT2D eigenvalue weighted by Crippen LogP contribution is -2.58. The van der Waals surface area contributed by atoms with Crippen LogP contribution in [0.1, 0.15) is 17.5 Å². The van der Waals surface area contributed by atoms with Crippen molar-refractivity contribution in [2.24, 2.45) is 0 Å². The molecule has 2 aromatic rings. The fourth-order valence-corrected chi connectivity index (χ4v) is 5.84. The van der Waals surface area contributed by atoms with Crippen molar-refractivity contribution in [3.63, 3.8) is 0 Å². The third kappa shape index (κ3) is 17.7. The topological polar surface area (TPSA) is 269 Å². The maximum Gasteiger partial charge on any atom is 0.267 e. The highest BCUT2D eigenvalue weighted by Crippen LogP contribution is 2.38. The van der Waals surface area contributed by atoms with Crippen LogP contribution in [0.5, 0.6) is 0 Å². The van der Waals surface area contributed by atoms with Crippen LogP contribution in [0.3, 0.4) is 0 Å². The molecule has 0 aromatic heterocycles. The molecule has 49 heavy (non-hydrogen) atoms. The highest BCUT2D eigenvalue weighted by Gasteiger charge is 2.28. The first kappa shape index (κ1) is 41.0. The fourth-order valence-electron chi connectivity index (χ4n) is 5.05. The van der Waals surface area contributed by atoms with Gasteiger partial charge in [0.25, 0.3) is 7.82 Å². The zero-order valence-electron chi connectivity index (χ0n) is 26.4. The number of nitrogens with zero attached hydrogens (tertiary/aromatic N) is 3. The van der Waals surface area contributed by atoms with Gasteiger partial charge in [0.1, 0.15) is 0 Å². The summed E-state index contributed by atoms with van der Waals surface area (Å²) in [6.07, 6.45) is 0.727. The first-order valence-electron chi connectivity index (χ1n) is 15.0. The zero-order valence-corrected chi connectivity index (χ0v) is 27.3. The van der Waals surface area contributed by atoms with Crippen LogP contribution in [-0.4, -0.2) is 116 Å². The van der Waals surface area contributed by atoms with E-state index in [1.807, 2.05) is 18.2 Å². The largest absolute Gasteiger partial charge is 0.756 e. The Hall–Kier alpha value is -4.22. The minimum Gasteiger partial charge on any atom is -0.756 e. The molecule has 270 valence electrons. The van der Waals surface area contributed by atoms with E-state index < -0.39 is 102 Å². The third-order valence-corrected chi connectivity index (χ3v) is 8.06. The van der Waals surface area contributed by atoms with E-state index in [1.54, 1.807) is 42.5 Å². The van der Waals surface area contributed by atoms with E-state index in [0.717, 1.165) is 15.4 Å². The molecule has 2 aromatic carbocycles. The molecule has 0 aliphatic heterocycles. The summed E-state index contributed by atoms with van der Waals surface area (Å²) >= 11 is 0. The summed E-state index contributed by atoms with van der Waals surface area (Å²) in [6.45, 7) is -7.09.